The quantitative estimate of drug-likeness (QED) is 0.736. The smallest absolute Gasteiger partial charge is 0.239 e. The first-order valence-electron chi connectivity index (χ1n) is 7.71. The number of hydrogen-bond donors (Lipinski definition) is 2. The molecule has 23 heavy (non-hydrogen) atoms. The van der Waals surface area contributed by atoms with Crippen molar-refractivity contribution in [3.63, 3.8) is 0 Å². The molecule has 0 unspecified atom stereocenters. The van der Waals surface area contributed by atoms with Crippen LogP contribution in [0.4, 0.5) is 5.69 Å². The van der Waals surface area contributed by atoms with Crippen LogP contribution in [0.15, 0.2) is 66.9 Å². The van der Waals surface area contributed by atoms with Crippen LogP contribution in [-0.4, -0.2) is 24.0 Å². The Kier molecular flexibility index (Phi) is 4.84. The number of carbonyl (C=O) groups is 1. The number of nitrogens with zero attached hydrogens (tertiary/aromatic N) is 1. The minimum absolute atomic E-state index is 0.0196. The van der Waals surface area contributed by atoms with Gasteiger partial charge in [-0.1, -0.05) is 48.5 Å². The summed E-state index contributed by atoms with van der Waals surface area (Å²) in [5, 5.41) is 7.15. The second-order valence-corrected chi connectivity index (χ2v) is 5.32. The number of rotatable bonds is 6. The minimum atomic E-state index is -0.0196. The van der Waals surface area contributed by atoms with Crippen LogP contribution in [0.1, 0.15) is 5.56 Å². The molecule has 0 aliphatic carbocycles. The predicted molar refractivity (Wildman–Crippen MR) is 93.4 cm³/mol. The van der Waals surface area contributed by atoms with E-state index in [1.165, 1.54) is 5.56 Å². The lowest BCUT2D eigenvalue weighted by Gasteiger charge is -2.09. The number of pyridine rings is 1. The van der Waals surface area contributed by atoms with Gasteiger partial charge in [0.1, 0.15) is 0 Å². The number of fused-ring (bicyclic) bond motifs is 1. The lowest BCUT2D eigenvalue weighted by atomic mass is 10.1. The Labute approximate surface area is 135 Å². The van der Waals surface area contributed by atoms with Gasteiger partial charge in [0.25, 0.3) is 0 Å². The predicted octanol–water partition coefficient (Wildman–Crippen LogP) is 3.01. The number of benzene rings is 2. The van der Waals surface area contributed by atoms with Crippen molar-refractivity contribution < 1.29 is 4.79 Å². The first-order valence-corrected chi connectivity index (χ1v) is 7.71. The zero-order valence-corrected chi connectivity index (χ0v) is 12.8. The average molecular weight is 305 g/mol. The van der Waals surface area contributed by atoms with E-state index in [4.69, 9.17) is 0 Å². The minimum Gasteiger partial charge on any atom is -0.374 e. The highest BCUT2D eigenvalue weighted by Gasteiger charge is 2.04. The van der Waals surface area contributed by atoms with Gasteiger partial charge in [-0.15, -0.1) is 0 Å². The SMILES string of the molecule is O=C(CNc1cccc2cccnc12)NCCc1ccccc1. The van der Waals surface area contributed by atoms with Gasteiger partial charge in [0, 0.05) is 18.1 Å². The van der Waals surface area contributed by atoms with Crippen LogP contribution in [0.3, 0.4) is 0 Å². The van der Waals surface area contributed by atoms with E-state index in [2.05, 4.69) is 27.8 Å². The summed E-state index contributed by atoms with van der Waals surface area (Å²) in [7, 11) is 0. The Morgan fingerprint density at radius 1 is 0.957 bits per heavy atom. The molecule has 0 aliphatic rings. The summed E-state index contributed by atoms with van der Waals surface area (Å²) in [4.78, 5) is 16.3. The summed E-state index contributed by atoms with van der Waals surface area (Å²) in [5.74, 6) is -0.0196. The maximum atomic E-state index is 11.9. The monoisotopic (exact) mass is 305 g/mol. The number of anilines is 1. The molecule has 2 N–H and O–H groups in total. The van der Waals surface area contributed by atoms with Crippen molar-refractivity contribution in [1.29, 1.82) is 0 Å². The van der Waals surface area contributed by atoms with Crippen molar-refractivity contribution in [2.45, 2.75) is 6.42 Å². The first-order chi connectivity index (χ1) is 11.3. The molecule has 0 atom stereocenters. The largest absolute Gasteiger partial charge is 0.374 e. The highest BCUT2D eigenvalue weighted by atomic mass is 16.1. The van der Waals surface area contributed by atoms with E-state index in [1.54, 1.807) is 6.20 Å². The molecule has 0 fully saturated rings. The molecule has 1 heterocycles. The maximum absolute atomic E-state index is 11.9. The molecule has 3 rings (SSSR count). The van der Waals surface area contributed by atoms with Gasteiger partial charge < -0.3 is 10.6 Å². The van der Waals surface area contributed by atoms with Gasteiger partial charge in [-0.05, 0) is 24.1 Å². The number of amides is 1. The standard InChI is InChI=1S/C19H19N3O/c23-18(20-13-11-15-6-2-1-3-7-15)14-22-17-10-4-8-16-9-5-12-21-19(16)17/h1-10,12,22H,11,13-14H2,(H,20,23). The summed E-state index contributed by atoms with van der Waals surface area (Å²) in [6.45, 7) is 0.878. The third kappa shape index (κ3) is 4.07. The molecule has 3 aromatic rings. The normalized spacial score (nSPS) is 10.4. The van der Waals surface area contributed by atoms with Crippen LogP contribution in [-0.2, 0) is 11.2 Å². The highest BCUT2D eigenvalue weighted by molar-refractivity contribution is 5.92. The lowest BCUT2D eigenvalue weighted by Crippen LogP contribution is -2.31. The summed E-state index contributed by atoms with van der Waals surface area (Å²) in [6.07, 6.45) is 2.59. The summed E-state index contributed by atoms with van der Waals surface area (Å²) < 4.78 is 0. The van der Waals surface area contributed by atoms with E-state index in [1.807, 2.05) is 48.5 Å². The summed E-state index contributed by atoms with van der Waals surface area (Å²) in [6, 6.07) is 19.9. The molecule has 4 heteroatoms. The van der Waals surface area contributed by atoms with Gasteiger partial charge in [-0.2, -0.15) is 0 Å². The molecule has 2 aromatic carbocycles. The van der Waals surface area contributed by atoms with Gasteiger partial charge in [0.05, 0.1) is 17.7 Å². The van der Waals surface area contributed by atoms with E-state index in [-0.39, 0.29) is 12.5 Å². The van der Waals surface area contributed by atoms with Crippen LogP contribution < -0.4 is 10.6 Å². The Hall–Kier alpha value is -2.88. The Bertz CT molecular complexity index is 781. The average Bonchev–Trinajstić information content (AvgIpc) is 2.61. The van der Waals surface area contributed by atoms with Crippen molar-refractivity contribution in [2.75, 3.05) is 18.4 Å². The first kappa shape index (κ1) is 15.0. The second-order valence-electron chi connectivity index (χ2n) is 5.32. The molecule has 0 spiro atoms. The third-order valence-corrected chi connectivity index (χ3v) is 3.65. The van der Waals surface area contributed by atoms with Gasteiger partial charge in [0.2, 0.25) is 5.91 Å². The molecule has 0 saturated heterocycles. The number of para-hydroxylation sites is 1. The highest BCUT2D eigenvalue weighted by Crippen LogP contribution is 2.20. The van der Waals surface area contributed by atoms with Gasteiger partial charge in [-0.25, -0.2) is 0 Å². The topological polar surface area (TPSA) is 54.0 Å². The van der Waals surface area contributed by atoms with Crippen LogP contribution in [0.2, 0.25) is 0 Å². The number of carbonyl (C=O) groups excluding carboxylic acids is 1. The number of nitrogens with one attached hydrogen (secondary N) is 2. The molecule has 116 valence electrons. The molecule has 0 saturated carbocycles. The Balaban J connectivity index is 1.50. The van der Waals surface area contributed by atoms with Crippen LogP contribution >= 0.6 is 0 Å². The van der Waals surface area contributed by atoms with Crippen LogP contribution in [0.25, 0.3) is 10.9 Å². The van der Waals surface area contributed by atoms with Crippen molar-refractivity contribution in [2.24, 2.45) is 0 Å². The molecule has 4 nitrogen and oxygen atoms in total. The summed E-state index contributed by atoms with van der Waals surface area (Å²) >= 11 is 0. The zero-order chi connectivity index (χ0) is 15.9. The molecular weight excluding hydrogens is 286 g/mol. The third-order valence-electron chi connectivity index (χ3n) is 3.65. The Morgan fingerprint density at radius 2 is 1.78 bits per heavy atom. The van der Waals surface area contributed by atoms with Crippen molar-refractivity contribution in [1.82, 2.24) is 10.3 Å². The van der Waals surface area contributed by atoms with E-state index in [9.17, 15) is 4.79 Å². The van der Waals surface area contributed by atoms with Crippen LogP contribution in [0, 0.1) is 0 Å². The van der Waals surface area contributed by atoms with Crippen LogP contribution in [0.5, 0.6) is 0 Å². The van der Waals surface area contributed by atoms with E-state index in [0.29, 0.717) is 6.54 Å². The fourth-order valence-corrected chi connectivity index (χ4v) is 2.48. The fourth-order valence-electron chi connectivity index (χ4n) is 2.48. The second kappa shape index (κ2) is 7.40. The molecule has 0 radical (unpaired) electrons. The lowest BCUT2D eigenvalue weighted by molar-refractivity contribution is -0.119. The molecule has 1 amide bonds. The number of aromatic nitrogens is 1. The van der Waals surface area contributed by atoms with Crippen molar-refractivity contribution in [3.05, 3.63) is 72.4 Å². The van der Waals surface area contributed by atoms with E-state index < -0.39 is 0 Å². The fraction of sp³-hybridized carbons (Fsp3) is 0.158. The van der Waals surface area contributed by atoms with Crippen molar-refractivity contribution >= 4 is 22.5 Å². The zero-order valence-electron chi connectivity index (χ0n) is 12.8. The molecule has 1 aromatic heterocycles. The van der Waals surface area contributed by atoms with Gasteiger partial charge >= 0.3 is 0 Å². The Morgan fingerprint density at radius 3 is 2.65 bits per heavy atom. The van der Waals surface area contributed by atoms with Crippen molar-refractivity contribution in [3.8, 4) is 0 Å². The van der Waals surface area contributed by atoms with Gasteiger partial charge in [0.15, 0.2) is 0 Å². The number of hydrogen-bond acceptors (Lipinski definition) is 3. The molecule has 0 aliphatic heterocycles. The molecular formula is C19H19N3O. The molecule has 0 bridgehead atoms. The van der Waals surface area contributed by atoms with E-state index in [0.717, 1.165) is 23.0 Å². The van der Waals surface area contributed by atoms with Gasteiger partial charge in [-0.3, -0.25) is 9.78 Å². The maximum Gasteiger partial charge on any atom is 0.239 e. The van der Waals surface area contributed by atoms with E-state index >= 15 is 0 Å². The summed E-state index contributed by atoms with van der Waals surface area (Å²) in [5.41, 5.74) is 2.98.